The highest BCUT2D eigenvalue weighted by Crippen LogP contribution is 2.37. The number of hydrogen-bond donors (Lipinski definition) is 0. The van der Waals surface area contributed by atoms with E-state index in [4.69, 9.17) is 21.1 Å². The highest BCUT2D eigenvalue weighted by Gasteiger charge is 2.16. The number of rotatable bonds is 4. The molecule has 0 radical (unpaired) electrons. The van der Waals surface area contributed by atoms with Gasteiger partial charge >= 0.3 is 0 Å². The van der Waals surface area contributed by atoms with Crippen LogP contribution in [0.4, 0.5) is 4.39 Å². The molecule has 6 heteroatoms. The van der Waals surface area contributed by atoms with E-state index in [2.05, 4.69) is 4.99 Å². The van der Waals surface area contributed by atoms with Crippen LogP contribution in [0.2, 0.25) is 5.02 Å². The number of alkyl halides is 1. The predicted molar refractivity (Wildman–Crippen MR) is 56.5 cm³/mol. The third-order valence-corrected chi connectivity index (χ3v) is 2.25. The van der Waals surface area contributed by atoms with Crippen LogP contribution in [0.5, 0.6) is 11.5 Å². The number of ether oxygens (including phenoxy) is 2. The summed E-state index contributed by atoms with van der Waals surface area (Å²) in [7, 11) is 2.84. The summed E-state index contributed by atoms with van der Waals surface area (Å²) >= 11 is 5.80. The van der Waals surface area contributed by atoms with Crippen LogP contribution in [0.1, 0.15) is 11.9 Å². The Hall–Kier alpha value is -1.58. The van der Waals surface area contributed by atoms with Crippen molar-refractivity contribution in [2.24, 2.45) is 4.99 Å². The van der Waals surface area contributed by atoms with Gasteiger partial charge in [-0.1, -0.05) is 11.6 Å². The second kappa shape index (κ2) is 5.49. The topological polar surface area (TPSA) is 47.9 Å². The van der Waals surface area contributed by atoms with Gasteiger partial charge in [0.05, 0.1) is 19.2 Å². The number of hydrogen-bond acceptors (Lipinski definition) is 4. The second-order valence-electron chi connectivity index (χ2n) is 2.78. The fourth-order valence-electron chi connectivity index (χ4n) is 1.17. The van der Waals surface area contributed by atoms with Gasteiger partial charge in [-0.25, -0.2) is 9.18 Å². The minimum atomic E-state index is -1.86. The Balaban J connectivity index is 3.25. The van der Waals surface area contributed by atoms with Gasteiger partial charge in [0.1, 0.15) is 0 Å². The third-order valence-electron chi connectivity index (χ3n) is 1.93. The quantitative estimate of drug-likeness (QED) is 0.465. The molecule has 0 amide bonds. The van der Waals surface area contributed by atoms with E-state index in [-0.39, 0.29) is 10.6 Å². The average molecular weight is 246 g/mol. The van der Waals surface area contributed by atoms with E-state index in [9.17, 15) is 9.18 Å². The van der Waals surface area contributed by atoms with Crippen molar-refractivity contribution < 1.29 is 18.7 Å². The molecule has 16 heavy (non-hydrogen) atoms. The van der Waals surface area contributed by atoms with E-state index < -0.39 is 6.30 Å². The molecule has 1 aromatic rings. The molecule has 0 spiro atoms. The molecule has 0 heterocycles. The summed E-state index contributed by atoms with van der Waals surface area (Å²) in [6, 6.07) is 2.72. The standard InChI is InChI=1S/C10H9ClFNO3/c1-15-8-3-6(10(12)13-5-14)7(11)4-9(8)16-2/h3-4,10H,1-2H3. The molecule has 0 N–H and O–H groups in total. The number of benzene rings is 1. The summed E-state index contributed by atoms with van der Waals surface area (Å²) in [5.74, 6) is 0.684. The van der Waals surface area contributed by atoms with Crippen molar-refractivity contribution >= 4 is 17.7 Å². The highest BCUT2D eigenvalue weighted by molar-refractivity contribution is 6.31. The first-order chi connectivity index (χ1) is 7.63. The van der Waals surface area contributed by atoms with Gasteiger partial charge in [0.2, 0.25) is 12.4 Å². The van der Waals surface area contributed by atoms with Crippen molar-refractivity contribution in [1.82, 2.24) is 0 Å². The first kappa shape index (κ1) is 12.5. The number of isocyanates is 1. The zero-order valence-corrected chi connectivity index (χ0v) is 9.42. The van der Waals surface area contributed by atoms with Gasteiger partial charge in [-0.3, -0.25) is 0 Å². The van der Waals surface area contributed by atoms with Crippen LogP contribution >= 0.6 is 11.6 Å². The third kappa shape index (κ3) is 2.51. The van der Waals surface area contributed by atoms with E-state index in [1.807, 2.05) is 0 Å². The van der Waals surface area contributed by atoms with Crippen LogP contribution in [-0.4, -0.2) is 20.3 Å². The van der Waals surface area contributed by atoms with Crippen molar-refractivity contribution in [3.63, 3.8) is 0 Å². The van der Waals surface area contributed by atoms with Crippen LogP contribution in [0.25, 0.3) is 0 Å². The van der Waals surface area contributed by atoms with E-state index in [0.29, 0.717) is 11.5 Å². The minimum Gasteiger partial charge on any atom is -0.493 e. The maximum Gasteiger partial charge on any atom is 0.238 e. The highest BCUT2D eigenvalue weighted by atomic mass is 35.5. The molecule has 1 aromatic carbocycles. The first-order valence-electron chi connectivity index (χ1n) is 4.26. The molecule has 1 atom stereocenters. The molecular weight excluding hydrogens is 237 g/mol. The number of methoxy groups -OCH3 is 2. The van der Waals surface area contributed by atoms with E-state index in [1.165, 1.54) is 26.4 Å². The fraction of sp³-hybridized carbons (Fsp3) is 0.300. The van der Waals surface area contributed by atoms with Gasteiger partial charge in [-0.2, -0.15) is 4.99 Å². The largest absolute Gasteiger partial charge is 0.493 e. The van der Waals surface area contributed by atoms with Gasteiger partial charge < -0.3 is 9.47 Å². The Morgan fingerprint density at radius 1 is 1.38 bits per heavy atom. The van der Waals surface area contributed by atoms with Gasteiger partial charge in [0, 0.05) is 11.6 Å². The molecule has 0 aliphatic carbocycles. The summed E-state index contributed by atoms with van der Waals surface area (Å²) in [5, 5.41) is 0.101. The lowest BCUT2D eigenvalue weighted by molar-refractivity contribution is 0.341. The Kier molecular flexibility index (Phi) is 4.28. The van der Waals surface area contributed by atoms with Crippen molar-refractivity contribution in [1.29, 1.82) is 0 Å². The lowest BCUT2D eigenvalue weighted by atomic mass is 10.2. The van der Waals surface area contributed by atoms with Crippen LogP contribution < -0.4 is 9.47 Å². The Labute approximate surface area is 96.6 Å². The van der Waals surface area contributed by atoms with Gasteiger partial charge in [-0.05, 0) is 6.07 Å². The van der Waals surface area contributed by atoms with Crippen molar-refractivity contribution in [2.75, 3.05) is 14.2 Å². The van der Waals surface area contributed by atoms with Crippen LogP contribution in [0.3, 0.4) is 0 Å². The molecule has 0 fully saturated rings. The first-order valence-corrected chi connectivity index (χ1v) is 4.64. The van der Waals surface area contributed by atoms with E-state index in [0.717, 1.165) is 6.08 Å². The number of halogens is 2. The van der Waals surface area contributed by atoms with Crippen LogP contribution in [0, 0.1) is 0 Å². The monoisotopic (exact) mass is 245 g/mol. The Bertz CT molecular complexity index is 432. The molecule has 0 saturated carbocycles. The molecule has 1 unspecified atom stereocenters. The Morgan fingerprint density at radius 3 is 2.44 bits per heavy atom. The minimum absolute atomic E-state index is 0.0302. The number of carbonyl (C=O) groups excluding carboxylic acids is 1. The average Bonchev–Trinajstić information content (AvgIpc) is 2.28. The lowest BCUT2D eigenvalue weighted by Crippen LogP contribution is -1.95. The predicted octanol–water partition coefficient (Wildman–Crippen LogP) is 2.66. The molecule has 0 aromatic heterocycles. The molecule has 0 saturated heterocycles. The molecule has 0 bridgehead atoms. The number of nitrogens with zero attached hydrogens (tertiary/aromatic N) is 1. The smallest absolute Gasteiger partial charge is 0.238 e. The summed E-state index contributed by atoms with van der Waals surface area (Å²) in [5.41, 5.74) is 0.0302. The van der Waals surface area contributed by atoms with Crippen molar-refractivity contribution in [3.05, 3.63) is 22.7 Å². The maximum atomic E-state index is 13.3. The van der Waals surface area contributed by atoms with Gasteiger partial charge in [-0.15, -0.1) is 0 Å². The molecule has 86 valence electrons. The van der Waals surface area contributed by atoms with Crippen LogP contribution in [-0.2, 0) is 4.79 Å². The molecule has 1 rings (SSSR count). The lowest BCUT2D eigenvalue weighted by Gasteiger charge is -2.11. The molecule has 0 aliphatic rings. The number of aliphatic imine (C=N–C) groups is 1. The fourth-order valence-corrected chi connectivity index (χ4v) is 1.41. The normalized spacial score (nSPS) is 11.5. The van der Waals surface area contributed by atoms with Gasteiger partial charge in [0.25, 0.3) is 0 Å². The van der Waals surface area contributed by atoms with E-state index >= 15 is 0 Å². The van der Waals surface area contributed by atoms with Crippen molar-refractivity contribution in [2.45, 2.75) is 6.30 Å². The zero-order chi connectivity index (χ0) is 12.1. The van der Waals surface area contributed by atoms with Gasteiger partial charge in [0.15, 0.2) is 11.5 Å². The van der Waals surface area contributed by atoms with E-state index in [1.54, 1.807) is 0 Å². The van der Waals surface area contributed by atoms with Crippen LogP contribution in [0.15, 0.2) is 17.1 Å². The Morgan fingerprint density at radius 2 is 1.94 bits per heavy atom. The zero-order valence-electron chi connectivity index (χ0n) is 8.66. The summed E-state index contributed by atoms with van der Waals surface area (Å²) in [6.07, 6.45) is -0.728. The van der Waals surface area contributed by atoms with Crippen molar-refractivity contribution in [3.8, 4) is 11.5 Å². The molecule has 4 nitrogen and oxygen atoms in total. The maximum absolute atomic E-state index is 13.3. The molecular formula is C10H9ClFNO3. The molecule has 0 aliphatic heterocycles. The summed E-state index contributed by atoms with van der Waals surface area (Å²) in [4.78, 5) is 12.9. The SMILES string of the molecule is COc1cc(Cl)c(C(F)N=C=O)cc1OC. The summed E-state index contributed by atoms with van der Waals surface area (Å²) < 4.78 is 23.3. The summed E-state index contributed by atoms with van der Waals surface area (Å²) in [6.45, 7) is 0. The second-order valence-corrected chi connectivity index (χ2v) is 3.19.